The van der Waals surface area contributed by atoms with E-state index < -0.39 is 10.8 Å². The van der Waals surface area contributed by atoms with Crippen molar-refractivity contribution < 1.29 is 9.72 Å². The first kappa shape index (κ1) is 11.7. The molecule has 0 aliphatic rings. The van der Waals surface area contributed by atoms with Crippen molar-refractivity contribution in [3.8, 4) is 0 Å². The smallest absolute Gasteiger partial charge is 0.294 e. The first-order chi connectivity index (χ1) is 6.93. The summed E-state index contributed by atoms with van der Waals surface area (Å²) < 4.78 is 0. The first-order valence-corrected chi connectivity index (χ1v) is 4.59. The molecule has 0 bridgehead atoms. The van der Waals surface area contributed by atoms with Crippen LogP contribution < -0.4 is 5.32 Å². The third kappa shape index (κ3) is 2.57. The Balaban J connectivity index is 3.34. The van der Waals surface area contributed by atoms with Gasteiger partial charge in [-0.25, -0.2) is 0 Å². The standard InChI is InChI=1S/C8H6Cl2N2O3/c1-4(13)11-8-6(12(14)15)3-2-5(9)7(8)10/h2-3H,1H3,(H,11,13). The molecule has 1 N–H and O–H groups in total. The van der Waals surface area contributed by atoms with E-state index in [-0.39, 0.29) is 21.4 Å². The molecule has 0 aromatic heterocycles. The Kier molecular flexibility index (Phi) is 3.49. The van der Waals surface area contributed by atoms with Crippen molar-refractivity contribution in [2.24, 2.45) is 0 Å². The van der Waals surface area contributed by atoms with Crippen LogP contribution in [-0.2, 0) is 4.79 Å². The fourth-order valence-electron chi connectivity index (χ4n) is 0.988. The van der Waals surface area contributed by atoms with E-state index in [1.54, 1.807) is 0 Å². The molecule has 7 heteroatoms. The van der Waals surface area contributed by atoms with Crippen LogP contribution in [0.2, 0.25) is 10.0 Å². The van der Waals surface area contributed by atoms with Crippen molar-refractivity contribution in [2.75, 3.05) is 5.32 Å². The number of hydrogen-bond acceptors (Lipinski definition) is 3. The first-order valence-electron chi connectivity index (χ1n) is 3.83. The zero-order valence-corrected chi connectivity index (χ0v) is 9.09. The lowest BCUT2D eigenvalue weighted by molar-refractivity contribution is -0.383. The van der Waals surface area contributed by atoms with Gasteiger partial charge in [0.2, 0.25) is 5.91 Å². The molecule has 0 heterocycles. The summed E-state index contributed by atoms with van der Waals surface area (Å²) in [7, 11) is 0. The molecule has 80 valence electrons. The number of nitrogens with one attached hydrogen (secondary N) is 1. The maximum atomic E-state index is 10.8. The monoisotopic (exact) mass is 248 g/mol. The average molecular weight is 249 g/mol. The summed E-state index contributed by atoms with van der Waals surface area (Å²) >= 11 is 11.4. The van der Waals surface area contributed by atoms with Crippen molar-refractivity contribution in [2.45, 2.75) is 6.92 Å². The predicted octanol–water partition coefficient (Wildman–Crippen LogP) is 2.86. The Morgan fingerprint density at radius 2 is 2.07 bits per heavy atom. The Bertz CT molecular complexity index is 434. The molecule has 0 atom stereocenters. The maximum absolute atomic E-state index is 10.8. The van der Waals surface area contributed by atoms with Gasteiger partial charge in [-0.2, -0.15) is 0 Å². The fourth-order valence-corrected chi connectivity index (χ4v) is 1.35. The number of nitrogens with zero attached hydrogens (tertiary/aromatic N) is 1. The van der Waals surface area contributed by atoms with E-state index >= 15 is 0 Å². The summed E-state index contributed by atoms with van der Waals surface area (Å²) in [6.45, 7) is 1.22. The summed E-state index contributed by atoms with van der Waals surface area (Å²) in [5.74, 6) is -0.456. The highest BCUT2D eigenvalue weighted by atomic mass is 35.5. The molecule has 1 aromatic carbocycles. The fraction of sp³-hybridized carbons (Fsp3) is 0.125. The molecule has 1 rings (SSSR count). The van der Waals surface area contributed by atoms with E-state index in [2.05, 4.69) is 5.32 Å². The van der Waals surface area contributed by atoms with Crippen LogP contribution in [0.4, 0.5) is 11.4 Å². The molecule has 0 fully saturated rings. The van der Waals surface area contributed by atoms with Gasteiger partial charge < -0.3 is 5.32 Å². The van der Waals surface area contributed by atoms with Gasteiger partial charge in [-0.05, 0) is 6.07 Å². The summed E-state index contributed by atoms with van der Waals surface area (Å²) in [5.41, 5.74) is -0.374. The number of nitro benzene ring substituents is 1. The SMILES string of the molecule is CC(=O)Nc1c([N+](=O)[O-])ccc(Cl)c1Cl. The molecule has 5 nitrogen and oxygen atoms in total. The van der Waals surface area contributed by atoms with Gasteiger partial charge in [-0.1, -0.05) is 23.2 Å². The lowest BCUT2D eigenvalue weighted by Crippen LogP contribution is -2.08. The van der Waals surface area contributed by atoms with E-state index in [1.165, 1.54) is 19.1 Å². The molecule has 0 unspecified atom stereocenters. The molecular weight excluding hydrogens is 243 g/mol. The van der Waals surface area contributed by atoms with Crippen LogP contribution in [-0.4, -0.2) is 10.8 Å². The molecule has 0 aliphatic heterocycles. The van der Waals surface area contributed by atoms with E-state index in [9.17, 15) is 14.9 Å². The highest BCUT2D eigenvalue weighted by Gasteiger charge is 2.19. The molecule has 0 saturated heterocycles. The number of anilines is 1. The van der Waals surface area contributed by atoms with Crippen LogP contribution in [0.15, 0.2) is 12.1 Å². The highest BCUT2D eigenvalue weighted by Crippen LogP contribution is 2.37. The van der Waals surface area contributed by atoms with E-state index in [1.807, 2.05) is 0 Å². The van der Waals surface area contributed by atoms with Crippen molar-refractivity contribution in [3.63, 3.8) is 0 Å². The molecule has 15 heavy (non-hydrogen) atoms. The third-order valence-corrected chi connectivity index (χ3v) is 2.37. The van der Waals surface area contributed by atoms with Crippen molar-refractivity contribution in [1.82, 2.24) is 0 Å². The number of halogens is 2. The second kappa shape index (κ2) is 4.46. The van der Waals surface area contributed by atoms with Crippen molar-refractivity contribution in [3.05, 3.63) is 32.3 Å². The summed E-state index contributed by atoms with van der Waals surface area (Å²) in [5, 5.41) is 13.0. The number of carbonyl (C=O) groups is 1. The lowest BCUT2D eigenvalue weighted by atomic mass is 10.2. The minimum absolute atomic E-state index is 0.0407. The largest absolute Gasteiger partial charge is 0.319 e. The quantitative estimate of drug-likeness (QED) is 0.646. The number of rotatable bonds is 2. The second-order valence-corrected chi connectivity index (χ2v) is 3.48. The lowest BCUT2D eigenvalue weighted by Gasteiger charge is -2.06. The number of nitro groups is 1. The zero-order chi connectivity index (χ0) is 11.6. The molecule has 0 spiro atoms. The van der Waals surface area contributed by atoms with Crippen LogP contribution >= 0.6 is 23.2 Å². The van der Waals surface area contributed by atoms with Gasteiger partial charge >= 0.3 is 0 Å². The molecule has 0 aliphatic carbocycles. The van der Waals surface area contributed by atoms with E-state index in [4.69, 9.17) is 23.2 Å². The molecule has 0 saturated carbocycles. The van der Waals surface area contributed by atoms with Gasteiger partial charge in [0.25, 0.3) is 5.69 Å². The topological polar surface area (TPSA) is 72.2 Å². The number of benzene rings is 1. The molecule has 1 amide bonds. The van der Waals surface area contributed by atoms with Crippen LogP contribution in [0.3, 0.4) is 0 Å². The Morgan fingerprint density at radius 1 is 1.47 bits per heavy atom. The van der Waals surface area contributed by atoms with Crippen LogP contribution in [0, 0.1) is 10.1 Å². The minimum Gasteiger partial charge on any atom is -0.319 e. The van der Waals surface area contributed by atoms with Gasteiger partial charge in [0, 0.05) is 13.0 Å². The average Bonchev–Trinajstić information content (AvgIpc) is 2.12. The van der Waals surface area contributed by atoms with Crippen LogP contribution in [0.5, 0.6) is 0 Å². The van der Waals surface area contributed by atoms with Gasteiger partial charge in [-0.3, -0.25) is 14.9 Å². The Morgan fingerprint density at radius 3 is 2.53 bits per heavy atom. The Labute approximate surface area is 95.1 Å². The van der Waals surface area contributed by atoms with Gasteiger partial charge in [0.15, 0.2) is 0 Å². The normalized spacial score (nSPS) is 9.80. The summed E-state index contributed by atoms with van der Waals surface area (Å²) in [6, 6.07) is 2.48. The molecular formula is C8H6Cl2N2O3. The van der Waals surface area contributed by atoms with Crippen LogP contribution in [0.25, 0.3) is 0 Å². The molecule has 1 aromatic rings. The third-order valence-electron chi connectivity index (χ3n) is 1.57. The predicted molar refractivity (Wildman–Crippen MR) is 57.4 cm³/mol. The number of carbonyl (C=O) groups excluding carboxylic acids is 1. The molecule has 0 radical (unpaired) electrons. The van der Waals surface area contributed by atoms with Crippen molar-refractivity contribution in [1.29, 1.82) is 0 Å². The van der Waals surface area contributed by atoms with Gasteiger partial charge in [0.05, 0.1) is 15.0 Å². The maximum Gasteiger partial charge on any atom is 0.294 e. The highest BCUT2D eigenvalue weighted by molar-refractivity contribution is 6.44. The number of amides is 1. The van der Waals surface area contributed by atoms with E-state index in [0.717, 1.165) is 0 Å². The minimum atomic E-state index is -0.645. The second-order valence-electron chi connectivity index (χ2n) is 2.69. The van der Waals surface area contributed by atoms with Crippen LogP contribution in [0.1, 0.15) is 6.92 Å². The van der Waals surface area contributed by atoms with Gasteiger partial charge in [0.1, 0.15) is 5.69 Å². The van der Waals surface area contributed by atoms with Gasteiger partial charge in [-0.15, -0.1) is 0 Å². The summed E-state index contributed by atoms with van der Waals surface area (Å²) in [4.78, 5) is 20.8. The Hall–Kier alpha value is -1.33. The summed E-state index contributed by atoms with van der Waals surface area (Å²) in [6.07, 6.45) is 0. The van der Waals surface area contributed by atoms with Crippen molar-refractivity contribution >= 4 is 40.5 Å². The number of hydrogen-bond donors (Lipinski definition) is 1. The zero-order valence-electron chi connectivity index (χ0n) is 7.58. The van der Waals surface area contributed by atoms with E-state index in [0.29, 0.717) is 0 Å².